The van der Waals surface area contributed by atoms with Crippen LogP contribution >= 0.6 is 0 Å². The molecule has 0 rings (SSSR count). The Kier molecular flexibility index (Phi) is 5.46. The molecule has 0 heterocycles. The van der Waals surface area contributed by atoms with Crippen molar-refractivity contribution in [1.82, 2.24) is 0 Å². The summed E-state index contributed by atoms with van der Waals surface area (Å²) in [5, 5.41) is 27.0. The molecule has 0 spiro atoms. The fourth-order valence-corrected chi connectivity index (χ4v) is 1.12. The minimum Gasteiger partial charge on any atom is -0.394 e. The number of aliphatic hydroxyl groups is 3. The molecule has 4 atom stereocenters. The molecule has 0 unspecified atom stereocenters. The molecule has 3 heteroatoms. The van der Waals surface area contributed by atoms with Crippen molar-refractivity contribution in [2.45, 2.75) is 39.4 Å². The first-order valence-corrected chi connectivity index (χ1v) is 4.46. The van der Waals surface area contributed by atoms with E-state index in [-0.39, 0.29) is 24.5 Å². The average Bonchev–Trinajstić information content (AvgIpc) is 2.02. The van der Waals surface area contributed by atoms with Crippen LogP contribution in [0.1, 0.15) is 27.2 Å². The van der Waals surface area contributed by atoms with Gasteiger partial charge in [-0.05, 0) is 25.2 Å². The van der Waals surface area contributed by atoms with Gasteiger partial charge in [0.15, 0.2) is 0 Å². The molecule has 0 bridgehead atoms. The minimum atomic E-state index is -0.661. The highest BCUT2D eigenvalue weighted by Crippen LogP contribution is 2.17. The van der Waals surface area contributed by atoms with E-state index in [9.17, 15) is 10.2 Å². The van der Waals surface area contributed by atoms with E-state index in [4.69, 9.17) is 5.11 Å². The monoisotopic (exact) mass is 176 g/mol. The molecule has 0 fully saturated rings. The average molecular weight is 176 g/mol. The van der Waals surface area contributed by atoms with Crippen LogP contribution in [0, 0.1) is 11.8 Å². The lowest BCUT2D eigenvalue weighted by Gasteiger charge is -2.22. The predicted octanol–water partition coefficient (Wildman–Crippen LogP) is 0.383. The third-order valence-corrected chi connectivity index (χ3v) is 2.41. The van der Waals surface area contributed by atoms with Crippen molar-refractivity contribution in [1.29, 1.82) is 0 Å². The second kappa shape index (κ2) is 5.51. The predicted molar refractivity (Wildman–Crippen MR) is 47.7 cm³/mol. The summed E-state index contributed by atoms with van der Waals surface area (Å²) in [6, 6.07) is 0. The van der Waals surface area contributed by atoms with Gasteiger partial charge in [-0.25, -0.2) is 0 Å². The van der Waals surface area contributed by atoms with Crippen molar-refractivity contribution in [3.05, 3.63) is 0 Å². The fourth-order valence-electron chi connectivity index (χ4n) is 1.12. The van der Waals surface area contributed by atoms with Crippen molar-refractivity contribution in [2.24, 2.45) is 11.8 Å². The second-order valence-electron chi connectivity index (χ2n) is 3.68. The van der Waals surface area contributed by atoms with E-state index in [1.807, 2.05) is 13.8 Å². The number of hydrogen-bond donors (Lipinski definition) is 3. The summed E-state index contributed by atoms with van der Waals surface area (Å²) in [4.78, 5) is 0. The minimum absolute atomic E-state index is 0.0413. The van der Waals surface area contributed by atoms with Gasteiger partial charge in [0.05, 0.1) is 18.8 Å². The van der Waals surface area contributed by atoms with E-state index in [1.165, 1.54) is 0 Å². The van der Waals surface area contributed by atoms with Gasteiger partial charge in [-0.1, -0.05) is 13.8 Å². The normalized spacial score (nSPS) is 21.5. The van der Waals surface area contributed by atoms with Gasteiger partial charge in [-0.2, -0.15) is 0 Å². The van der Waals surface area contributed by atoms with Gasteiger partial charge in [-0.3, -0.25) is 0 Å². The Balaban J connectivity index is 3.75. The Bertz CT molecular complexity index is 114. The lowest BCUT2D eigenvalue weighted by molar-refractivity contribution is 0.0323. The zero-order chi connectivity index (χ0) is 9.72. The van der Waals surface area contributed by atoms with Crippen LogP contribution in [-0.2, 0) is 0 Å². The first-order valence-electron chi connectivity index (χ1n) is 4.46. The van der Waals surface area contributed by atoms with Gasteiger partial charge >= 0.3 is 0 Å². The molecular weight excluding hydrogens is 156 g/mol. The van der Waals surface area contributed by atoms with Crippen LogP contribution in [0.4, 0.5) is 0 Å². The lowest BCUT2D eigenvalue weighted by atomic mass is 9.90. The van der Waals surface area contributed by atoms with Gasteiger partial charge in [-0.15, -0.1) is 0 Å². The van der Waals surface area contributed by atoms with E-state index in [0.717, 1.165) is 6.42 Å². The highest BCUT2D eigenvalue weighted by Gasteiger charge is 2.18. The van der Waals surface area contributed by atoms with Crippen molar-refractivity contribution >= 4 is 0 Å². The third kappa shape index (κ3) is 4.04. The van der Waals surface area contributed by atoms with E-state index in [0.29, 0.717) is 0 Å². The van der Waals surface area contributed by atoms with E-state index in [1.54, 1.807) is 6.92 Å². The molecule has 0 aliphatic rings. The highest BCUT2D eigenvalue weighted by atomic mass is 16.3. The summed E-state index contributed by atoms with van der Waals surface area (Å²) in [7, 11) is 0. The quantitative estimate of drug-likeness (QED) is 0.567. The standard InChI is InChI=1S/C9H20O3/c1-6(8(3)11)4-7(2)9(12)5-10/h6-12H,4-5H2,1-3H3/t6-,7+,8+,9+/m0/s1. The molecule has 0 aliphatic heterocycles. The Labute approximate surface area is 74.0 Å². The zero-order valence-corrected chi connectivity index (χ0v) is 8.07. The van der Waals surface area contributed by atoms with Crippen molar-refractivity contribution in [2.75, 3.05) is 6.61 Å². The van der Waals surface area contributed by atoms with Crippen LogP contribution in [0.2, 0.25) is 0 Å². The Morgan fingerprint density at radius 3 is 1.83 bits per heavy atom. The molecule has 12 heavy (non-hydrogen) atoms. The summed E-state index contributed by atoms with van der Waals surface area (Å²) in [5.74, 6) is 0.209. The second-order valence-corrected chi connectivity index (χ2v) is 3.68. The van der Waals surface area contributed by atoms with Crippen molar-refractivity contribution in [3.8, 4) is 0 Å². The summed E-state index contributed by atoms with van der Waals surface area (Å²) < 4.78 is 0. The maximum absolute atomic E-state index is 9.23. The van der Waals surface area contributed by atoms with Crippen molar-refractivity contribution in [3.63, 3.8) is 0 Å². The molecule has 0 radical (unpaired) electrons. The molecule has 0 aromatic rings. The van der Waals surface area contributed by atoms with E-state index in [2.05, 4.69) is 0 Å². The Hall–Kier alpha value is -0.120. The summed E-state index contributed by atoms with van der Waals surface area (Å²) in [5.41, 5.74) is 0. The molecule has 0 aliphatic carbocycles. The largest absolute Gasteiger partial charge is 0.394 e. The summed E-state index contributed by atoms with van der Waals surface area (Å²) >= 11 is 0. The number of hydrogen-bond acceptors (Lipinski definition) is 3. The van der Waals surface area contributed by atoms with E-state index >= 15 is 0 Å². The smallest absolute Gasteiger partial charge is 0.0796 e. The summed E-state index contributed by atoms with van der Waals surface area (Å²) in [6.07, 6.45) is -0.274. The number of rotatable bonds is 5. The maximum atomic E-state index is 9.23. The lowest BCUT2D eigenvalue weighted by Crippen LogP contribution is -2.26. The first-order chi connectivity index (χ1) is 5.49. The Morgan fingerprint density at radius 2 is 1.50 bits per heavy atom. The van der Waals surface area contributed by atoms with Gasteiger partial charge in [0.2, 0.25) is 0 Å². The van der Waals surface area contributed by atoms with Crippen LogP contribution in [0.3, 0.4) is 0 Å². The van der Waals surface area contributed by atoms with Gasteiger partial charge in [0, 0.05) is 0 Å². The molecule has 3 nitrogen and oxygen atoms in total. The fraction of sp³-hybridized carbons (Fsp3) is 1.00. The van der Waals surface area contributed by atoms with Crippen LogP contribution in [0.25, 0.3) is 0 Å². The van der Waals surface area contributed by atoms with Crippen LogP contribution in [0.5, 0.6) is 0 Å². The maximum Gasteiger partial charge on any atom is 0.0796 e. The molecule has 0 saturated heterocycles. The van der Waals surface area contributed by atoms with E-state index < -0.39 is 6.10 Å². The van der Waals surface area contributed by atoms with Crippen LogP contribution in [0.15, 0.2) is 0 Å². The molecular formula is C9H20O3. The van der Waals surface area contributed by atoms with Gasteiger partial charge < -0.3 is 15.3 Å². The summed E-state index contributed by atoms with van der Waals surface area (Å²) in [6.45, 7) is 5.35. The molecule has 74 valence electrons. The SMILES string of the molecule is C[C@H](C[C@H](C)[C@@H](C)O)[C@H](O)CO. The number of aliphatic hydroxyl groups excluding tert-OH is 3. The molecule has 0 amide bonds. The van der Waals surface area contributed by atoms with Gasteiger partial charge in [0.25, 0.3) is 0 Å². The van der Waals surface area contributed by atoms with Gasteiger partial charge in [0.1, 0.15) is 0 Å². The highest BCUT2D eigenvalue weighted by molar-refractivity contribution is 4.69. The molecule has 0 aromatic carbocycles. The third-order valence-electron chi connectivity index (χ3n) is 2.41. The molecule has 3 N–H and O–H groups in total. The Morgan fingerprint density at radius 1 is 1.00 bits per heavy atom. The topological polar surface area (TPSA) is 60.7 Å². The van der Waals surface area contributed by atoms with Crippen molar-refractivity contribution < 1.29 is 15.3 Å². The van der Waals surface area contributed by atoms with Crippen LogP contribution < -0.4 is 0 Å². The molecule has 0 aromatic heterocycles. The van der Waals surface area contributed by atoms with Crippen LogP contribution in [-0.4, -0.2) is 34.1 Å². The molecule has 0 saturated carbocycles. The zero-order valence-electron chi connectivity index (χ0n) is 8.07. The first kappa shape index (κ1) is 11.9.